The van der Waals surface area contributed by atoms with Crippen molar-refractivity contribution in [3.05, 3.63) is 47.0 Å². The van der Waals surface area contributed by atoms with Gasteiger partial charge in [0, 0.05) is 36.8 Å². The Labute approximate surface area is 140 Å². The van der Waals surface area contributed by atoms with Gasteiger partial charge in [-0.3, -0.25) is 4.79 Å². The maximum Gasteiger partial charge on any atom is 0.256 e. The number of benzene rings is 1. The van der Waals surface area contributed by atoms with E-state index >= 15 is 0 Å². The van der Waals surface area contributed by atoms with Gasteiger partial charge >= 0.3 is 0 Å². The predicted octanol–water partition coefficient (Wildman–Crippen LogP) is 2.13. The Balaban J connectivity index is 1.64. The number of anilines is 2. The Kier molecular flexibility index (Phi) is 4.73. The molecule has 0 atom stereocenters. The van der Waals surface area contributed by atoms with Crippen LogP contribution in [0.3, 0.4) is 0 Å². The number of hydrogen-bond donors (Lipinski definition) is 1. The number of piperazine rings is 1. The van der Waals surface area contributed by atoms with Crippen LogP contribution in [0.2, 0.25) is 5.02 Å². The summed E-state index contributed by atoms with van der Waals surface area (Å²) in [4.78, 5) is 16.6. The lowest BCUT2D eigenvalue weighted by atomic mass is 10.2. The van der Waals surface area contributed by atoms with Gasteiger partial charge in [0.05, 0.1) is 0 Å². The van der Waals surface area contributed by atoms with E-state index in [9.17, 15) is 4.79 Å². The molecule has 3 rings (SSSR count). The molecular formula is C16H18ClN5O. The first kappa shape index (κ1) is 15.7. The molecule has 0 spiro atoms. The first-order chi connectivity index (χ1) is 11.1. The zero-order chi connectivity index (χ0) is 16.2. The van der Waals surface area contributed by atoms with E-state index in [0.29, 0.717) is 16.4 Å². The van der Waals surface area contributed by atoms with E-state index in [0.717, 1.165) is 32.0 Å². The average molecular weight is 332 g/mol. The molecule has 0 radical (unpaired) electrons. The summed E-state index contributed by atoms with van der Waals surface area (Å²) in [5, 5.41) is 11.5. The number of likely N-dealkylation sites (N-methyl/N-ethyl adjacent to an activating group) is 1. The summed E-state index contributed by atoms with van der Waals surface area (Å²) < 4.78 is 0. The first-order valence-corrected chi connectivity index (χ1v) is 7.84. The third kappa shape index (κ3) is 3.97. The fourth-order valence-electron chi connectivity index (χ4n) is 2.41. The topological polar surface area (TPSA) is 61.4 Å². The monoisotopic (exact) mass is 331 g/mol. The van der Waals surface area contributed by atoms with Crippen molar-refractivity contribution in [1.29, 1.82) is 0 Å². The van der Waals surface area contributed by atoms with Crippen molar-refractivity contribution >= 4 is 29.1 Å². The highest BCUT2D eigenvalue weighted by Gasteiger charge is 2.16. The number of carbonyl (C=O) groups is 1. The van der Waals surface area contributed by atoms with Crippen LogP contribution in [0.5, 0.6) is 0 Å². The molecule has 1 amide bonds. The van der Waals surface area contributed by atoms with Crippen molar-refractivity contribution in [3.63, 3.8) is 0 Å². The number of nitrogens with zero attached hydrogens (tertiary/aromatic N) is 4. The minimum atomic E-state index is -0.255. The first-order valence-electron chi connectivity index (χ1n) is 7.46. The largest absolute Gasteiger partial charge is 0.353 e. The highest BCUT2D eigenvalue weighted by atomic mass is 35.5. The molecule has 0 unspecified atom stereocenters. The van der Waals surface area contributed by atoms with Crippen LogP contribution in [-0.4, -0.2) is 54.2 Å². The molecule has 6 nitrogen and oxygen atoms in total. The van der Waals surface area contributed by atoms with Crippen molar-refractivity contribution in [2.75, 3.05) is 43.4 Å². The summed E-state index contributed by atoms with van der Waals surface area (Å²) in [5.74, 6) is 1.00. The number of carbonyl (C=O) groups excluding carboxylic acids is 1. The summed E-state index contributed by atoms with van der Waals surface area (Å²) in [6.45, 7) is 3.88. The summed E-state index contributed by atoms with van der Waals surface area (Å²) >= 11 is 5.89. The van der Waals surface area contributed by atoms with Crippen LogP contribution < -0.4 is 10.2 Å². The Morgan fingerprint density at radius 3 is 2.57 bits per heavy atom. The van der Waals surface area contributed by atoms with Gasteiger partial charge in [-0.15, -0.1) is 10.2 Å². The third-order valence-corrected chi connectivity index (χ3v) is 4.04. The molecule has 1 N–H and O–H groups in total. The van der Waals surface area contributed by atoms with Gasteiger partial charge in [-0.25, -0.2) is 0 Å². The number of rotatable bonds is 3. The van der Waals surface area contributed by atoms with Crippen LogP contribution in [0.4, 0.5) is 11.6 Å². The molecule has 2 aromatic rings. The molecule has 0 saturated carbocycles. The minimum absolute atomic E-state index is 0.255. The zero-order valence-electron chi connectivity index (χ0n) is 12.9. The molecule has 1 aliphatic rings. The fourth-order valence-corrected chi connectivity index (χ4v) is 2.60. The number of halogens is 1. The van der Waals surface area contributed by atoms with Crippen molar-refractivity contribution < 1.29 is 4.79 Å². The van der Waals surface area contributed by atoms with E-state index in [2.05, 4.69) is 32.4 Å². The van der Waals surface area contributed by atoms with E-state index in [1.54, 1.807) is 30.3 Å². The molecule has 7 heteroatoms. The maximum absolute atomic E-state index is 12.1. The van der Waals surface area contributed by atoms with Gasteiger partial charge in [0.2, 0.25) is 0 Å². The summed E-state index contributed by atoms with van der Waals surface area (Å²) in [6, 6.07) is 10.4. The standard InChI is InChI=1S/C16H18ClN5O/c1-21-7-9-22(10-8-21)15-6-5-14(19-20-15)18-16(23)12-3-2-4-13(17)11-12/h2-6,11H,7-10H2,1H3,(H,18,19,23). The van der Waals surface area contributed by atoms with E-state index < -0.39 is 0 Å². The van der Waals surface area contributed by atoms with E-state index in [1.807, 2.05) is 6.07 Å². The van der Waals surface area contributed by atoms with Crippen LogP contribution in [0, 0.1) is 0 Å². The second-order valence-electron chi connectivity index (χ2n) is 5.53. The Hall–Kier alpha value is -2.18. The second-order valence-corrected chi connectivity index (χ2v) is 5.97. The summed E-state index contributed by atoms with van der Waals surface area (Å²) in [5.41, 5.74) is 0.488. The second kappa shape index (κ2) is 6.93. The van der Waals surface area contributed by atoms with Crippen LogP contribution in [-0.2, 0) is 0 Å². The molecule has 2 heterocycles. The van der Waals surface area contributed by atoms with E-state index in [-0.39, 0.29) is 5.91 Å². The lowest BCUT2D eigenvalue weighted by Crippen LogP contribution is -2.44. The summed E-state index contributed by atoms with van der Waals surface area (Å²) in [6.07, 6.45) is 0. The fraction of sp³-hybridized carbons (Fsp3) is 0.312. The maximum atomic E-state index is 12.1. The summed E-state index contributed by atoms with van der Waals surface area (Å²) in [7, 11) is 2.11. The molecule has 1 fully saturated rings. The predicted molar refractivity (Wildman–Crippen MR) is 91.1 cm³/mol. The molecule has 0 bridgehead atoms. The number of aromatic nitrogens is 2. The lowest BCUT2D eigenvalue weighted by Gasteiger charge is -2.32. The highest BCUT2D eigenvalue weighted by molar-refractivity contribution is 6.31. The van der Waals surface area contributed by atoms with Gasteiger partial charge < -0.3 is 15.1 Å². The van der Waals surface area contributed by atoms with Crippen LogP contribution >= 0.6 is 11.6 Å². The third-order valence-electron chi connectivity index (χ3n) is 3.81. The van der Waals surface area contributed by atoms with Crippen molar-refractivity contribution in [3.8, 4) is 0 Å². The van der Waals surface area contributed by atoms with Crippen molar-refractivity contribution in [1.82, 2.24) is 15.1 Å². The molecule has 0 aliphatic carbocycles. The molecular weight excluding hydrogens is 314 g/mol. The van der Waals surface area contributed by atoms with Crippen LogP contribution in [0.15, 0.2) is 36.4 Å². The smallest absolute Gasteiger partial charge is 0.256 e. The SMILES string of the molecule is CN1CCN(c2ccc(NC(=O)c3cccc(Cl)c3)nn2)CC1. The highest BCUT2D eigenvalue weighted by Crippen LogP contribution is 2.15. The van der Waals surface area contributed by atoms with Gasteiger partial charge in [0.15, 0.2) is 11.6 Å². The van der Waals surface area contributed by atoms with E-state index in [4.69, 9.17) is 11.6 Å². The Morgan fingerprint density at radius 2 is 1.91 bits per heavy atom. The van der Waals surface area contributed by atoms with Gasteiger partial charge in [-0.1, -0.05) is 17.7 Å². The Bertz CT molecular complexity index is 683. The molecule has 1 aromatic carbocycles. The number of amides is 1. The number of hydrogen-bond acceptors (Lipinski definition) is 5. The molecule has 120 valence electrons. The van der Waals surface area contributed by atoms with Gasteiger partial charge in [-0.2, -0.15) is 0 Å². The van der Waals surface area contributed by atoms with E-state index in [1.165, 1.54) is 0 Å². The average Bonchev–Trinajstić information content (AvgIpc) is 2.56. The lowest BCUT2D eigenvalue weighted by molar-refractivity contribution is 0.102. The normalized spacial score (nSPS) is 15.5. The Morgan fingerprint density at radius 1 is 1.13 bits per heavy atom. The number of nitrogens with one attached hydrogen (secondary N) is 1. The van der Waals surface area contributed by atoms with Crippen LogP contribution in [0.25, 0.3) is 0 Å². The molecule has 1 saturated heterocycles. The molecule has 23 heavy (non-hydrogen) atoms. The van der Waals surface area contributed by atoms with Gasteiger partial charge in [0.25, 0.3) is 5.91 Å². The van der Waals surface area contributed by atoms with Gasteiger partial charge in [0.1, 0.15) is 0 Å². The van der Waals surface area contributed by atoms with Gasteiger partial charge in [-0.05, 0) is 37.4 Å². The molecule has 1 aromatic heterocycles. The molecule has 1 aliphatic heterocycles. The van der Waals surface area contributed by atoms with Crippen molar-refractivity contribution in [2.24, 2.45) is 0 Å². The minimum Gasteiger partial charge on any atom is -0.353 e. The zero-order valence-corrected chi connectivity index (χ0v) is 13.6. The van der Waals surface area contributed by atoms with Crippen LogP contribution in [0.1, 0.15) is 10.4 Å². The van der Waals surface area contributed by atoms with Crippen molar-refractivity contribution in [2.45, 2.75) is 0 Å². The quantitative estimate of drug-likeness (QED) is 0.933.